The summed E-state index contributed by atoms with van der Waals surface area (Å²) in [6.07, 6.45) is 5.54. The Hall–Kier alpha value is -2.05. The molecule has 0 saturated heterocycles. The van der Waals surface area contributed by atoms with Crippen molar-refractivity contribution in [3.05, 3.63) is 0 Å². The molecule has 4 fully saturated rings. The Labute approximate surface area is 220 Å². The number of carbonyl (C=O) groups is 5. The van der Waals surface area contributed by atoms with Gasteiger partial charge in [-0.05, 0) is 67.6 Å². The molecule has 3 unspecified atom stereocenters. The van der Waals surface area contributed by atoms with Crippen LogP contribution in [0.1, 0.15) is 93.4 Å². The van der Waals surface area contributed by atoms with Crippen LogP contribution in [0, 0.1) is 51.2 Å². The van der Waals surface area contributed by atoms with Crippen LogP contribution in [0.15, 0.2) is 0 Å². The molecule has 0 aliphatic heterocycles. The van der Waals surface area contributed by atoms with E-state index in [0.29, 0.717) is 25.4 Å². The van der Waals surface area contributed by atoms with Gasteiger partial charge in [0.25, 0.3) is 0 Å². The molecule has 0 aromatic rings. The van der Waals surface area contributed by atoms with Crippen LogP contribution in [0.3, 0.4) is 0 Å². The molecule has 7 heteroatoms. The van der Waals surface area contributed by atoms with Gasteiger partial charge >= 0.3 is 11.9 Å². The maximum atomic E-state index is 14.2. The third-order valence-corrected chi connectivity index (χ3v) is 11.5. The average molecular weight is 517 g/mol. The van der Waals surface area contributed by atoms with Gasteiger partial charge in [-0.25, -0.2) is 0 Å². The van der Waals surface area contributed by atoms with Gasteiger partial charge in [0.2, 0.25) is 0 Å². The summed E-state index contributed by atoms with van der Waals surface area (Å²) in [6, 6.07) is 0. The number of hydrogen-bond donors (Lipinski definition) is 0. The van der Waals surface area contributed by atoms with Crippen LogP contribution in [0.4, 0.5) is 0 Å². The Balaban J connectivity index is 1.86. The van der Waals surface area contributed by atoms with Crippen molar-refractivity contribution in [3.8, 4) is 0 Å². The summed E-state index contributed by atoms with van der Waals surface area (Å²) in [4.78, 5) is 63.8. The monoisotopic (exact) mass is 516 g/mol. The van der Waals surface area contributed by atoms with E-state index in [4.69, 9.17) is 9.47 Å². The second-order valence-electron chi connectivity index (χ2n) is 13.6. The van der Waals surface area contributed by atoms with Gasteiger partial charge in [0.1, 0.15) is 24.0 Å². The van der Waals surface area contributed by atoms with Gasteiger partial charge in [0.15, 0.2) is 0 Å². The molecule has 0 aromatic heterocycles. The minimum atomic E-state index is -1.01. The van der Waals surface area contributed by atoms with Crippen molar-refractivity contribution in [2.24, 2.45) is 51.2 Å². The molecular weight excluding hydrogens is 472 g/mol. The molecule has 0 bridgehead atoms. The minimum Gasteiger partial charge on any atom is -0.465 e. The molecule has 9 atom stereocenters. The highest BCUT2D eigenvalue weighted by atomic mass is 16.5. The lowest BCUT2D eigenvalue weighted by molar-refractivity contribution is -0.234. The third kappa shape index (κ3) is 4.10. The van der Waals surface area contributed by atoms with Crippen LogP contribution in [0.2, 0.25) is 0 Å². The van der Waals surface area contributed by atoms with E-state index in [2.05, 4.69) is 20.8 Å². The molecule has 4 aliphatic rings. The average Bonchev–Trinajstić information content (AvgIpc) is 2.78. The summed E-state index contributed by atoms with van der Waals surface area (Å²) in [5.74, 6) is -2.64. The molecule has 206 valence electrons. The van der Waals surface area contributed by atoms with E-state index in [9.17, 15) is 24.0 Å². The highest BCUT2D eigenvalue weighted by molar-refractivity contribution is 5.93. The molecule has 0 N–H and O–H groups in total. The summed E-state index contributed by atoms with van der Waals surface area (Å²) in [6.45, 7) is 13.2. The van der Waals surface area contributed by atoms with Crippen LogP contribution in [0.25, 0.3) is 0 Å². The zero-order valence-corrected chi connectivity index (χ0v) is 23.6. The van der Waals surface area contributed by atoms with Gasteiger partial charge in [-0.1, -0.05) is 34.1 Å². The predicted octanol–water partition coefficient (Wildman–Crippen LogP) is 4.73. The van der Waals surface area contributed by atoms with E-state index < -0.39 is 29.3 Å². The smallest absolute Gasteiger partial charge is 0.302 e. The quantitative estimate of drug-likeness (QED) is 0.384. The first kappa shape index (κ1) is 28.0. The number of ether oxygens (including phenoxy) is 2. The Kier molecular flexibility index (Phi) is 7.03. The van der Waals surface area contributed by atoms with E-state index >= 15 is 0 Å². The van der Waals surface area contributed by atoms with Gasteiger partial charge in [-0.2, -0.15) is 0 Å². The topological polar surface area (TPSA) is 104 Å². The number of carbonyl (C=O) groups excluding carboxylic acids is 5. The zero-order valence-electron chi connectivity index (χ0n) is 23.6. The van der Waals surface area contributed by atoms with Crippen LogP contribution in [0.5, 0.6) is 0 Å². The summed E-state index contributed by atoms with van der Waals surface area (Å²) in [5, 5.41) is 0. The second-order valence-corrected chi connectivity index (χ2v) is 13.6. The number of fused-ring (bicyclic) bond motifs is 5. The third-order valence-electron chi connectivity index (χ3n) is 11.5. The molecule has 0 amide bonds. The molecule has 37 heavy (non-hydrogen) atoms. The van der Waals surface area contributed by atoms with Crippen molar-refractivity contribution in [2.45, 2.75) is 99.5 Å². The van der Waals surface area contributed by atoms with E-state index in [1.54, 1.807) is 0 Å². The number of ketones is 2. The van der Waals surface area contributed by atoms with Crippen LogP contribution < -0.4 is 0 Å². The number of hydrogen-bond acceptors (Lipinski definition) is 7. The maximum Gasteiger partial charge on any atom is 0.302 e. The van der Waals surface area contributed by atoms with Crippen molar-refractivity contribution in [3.63, 3.8) is 0 Å². The first-order valence-electron chi connectivity index (χ1n) is 13.9. The molecule has 0 aromatic carbocycles. The fraction of sp³-hybridized carbons (Fsp3) is 0.833. The molecule has 4 aliphatic carbocycles. The van der Waals surface area contributed by atoms with E-state index in [1.807, 2.05) is 6.92 Å². The first-order valence-corrected chi connectivity index (χ1v) is 13.9. The highest BCUT2D eigenvalue weighted by Crippen LogP contribution is 2.73. The molecule has 0 heterocycles. The molecule has 4 rings (SSSR count). The number of Topliss-reactive ketones (excluding diaryl/α,β-unsaturated/α-hetero) is 2. The number of aldehydes is 1. The lowest BCUT2D eigenvalue weighted by Crippen LogP contribution is -2.69. The van der Waals surface area contributed by atoms with Crippen molar-refractivity contribution in [1.82, 2.24) is 0 Å². The van der Waals surface area contributed by atoms with E-state index in [-0.39, 0.29) is 45.6 Å². The number of esters is 2. The van der Waals surface area contributed by atoms with Crippen molar-refractivity contribution in [1.29, 1.82) is 0 Å². The SMILES string of the molecule is CC(=O)OC[C@]12CCCC(C)(C)C1CC[C@]1(C)C2CC(=O)[C@@]2(C)C1C[C@H](OC(C)=O)[C@@H](C(C)=O)[C@@H]2C=O. The summed E-state index contributed by atoms with van der Waals surface area (Å²) in [5.41, 5.74) is -1.63. The van der Waals surface area contributed by atoms with Crippen LogP contribution in [-0.2, 0) is 33.4 Å². The maximum absolute atomic E-state index is 14.2. The standard InChI is InChI=1S/C30H44O7/c1-17(32)26-20(15-31)29(7)23(13-21(26)37-19(3)34)28(6)12-9-22-27(4,5)10-8-11-30(22,16-36-18(2)33)24(28)14-25(29)35/h15,20-24,26H,8-14,16H2,1-7H3/t20-,21-,22?,23?,24?,26-,28-,29+,30+/m0/s1. The van der Waals surface area contributed by atoms with Gasteiger partial charge < -0.3 is 14.3 Å². The fourth-order valence-electron chi connectivity index (χ4n) is 10.0. The minimum absolute atomic E-state index is 0.0100. The highest BCUT2D eigenvalue weighted by Gasteiger charge is 2.71. The van der Waals surface area contributed by atoms with Crippen LogP contribution >= 0.6 is 0 Å². The molecule has 0 spiro atoms. The second kappa shape index (κ2) is 9.30. The van der Waals surface area contributed by atoms with Crippen molar-refractivity contribution in [2.75, 3.05) is 6.61 Å². The Morgan fingerprint density at radius 3 is 2.19 bits per heavy atom. The molecule has 7 nitrogen and oxygen atoms in total. The normalized spacial score (nSPS) is 44.5. The largest absolute Gasteiger partial charge is 0.465 e. The van der Waals surface area contributed by atoms with Gasteiger partial charge in [-0.15, -0.1) is 0 Å². The predicted molar refractivity (Wildman–Crippen MR) is 136 cm³/mol. The number of rotatable bonds is 5. The Morgan fingerprint density at radius 2 is 1.62 bits per heavy atom. The zero-order chi connectivity index (χ0) is 27.6. The first-order chi connectivity index (χ1) is 17.1. The molecular formula is C30H44O7. The molecule has 0 radical (unpaired) electrons. The van der Waals surface area contributed by atoms with Crippen molar-refractivity contribution < 1.29 is 33.4 Å². The molecule has 4 saturated carbocycles. The summed E-state index contributed by atoms with van der Waals surface area (Å²) >= 11 is 0. The van der Waals surface area contributed by atoms with Crippen LogP contribution in [-0.4, -0.2) is 42.5 Å². The van der Waals surface area contributed by atoms with Gasteiger partial charge in [-0.3, -0.25) is 19.2 Å². The lowest BCUT2D eigenvalue weighted by atomic mass is 9.34. The summed E-state index contributed by atoms with van der Waals surface area (Å²) < 4.78 is 11.5. The Bertz CT molecular complexity index is 1000. The van der Waals surface area contributed by atoms with E-state index in [1.165, 1.54) is 20.8 Å². The Morgan fingerprint density at radius 1 is 0.946 bits per heavy atom. The summed E-state index contributed by atoms with van der Waals surface area (Å²) in [7, 11) is 0. The lowest BCUT2D eigenvalue weighted by Gasteiger charge is -2.70. The van der Waals surface area contributed by atoms with Crippen molar-refractivity contribution >= 4 is 29.8 Å². The van der Waals surface area contributed by atoms with Gasteiger partial charge in [0, 0.05) is 37.0 Å². The van der Waals surface area contributed by atoms with E-state index in [0.717, 1.165) is 38.4 Å². The fourth-order valence-corrected chi connectivity index (χ4v) is 10.0. The van der Waals surface area contributed by atoms with Gasteiger partial charge in [0.05, 0.1) is 12.5 Å².